The van der Waals surface area contributed by atoms with E-state index in [4.69, 9.17) is 9.63 Å². The largest absolute Gasteiger partial charge is 0.481 e. The topological polar surface area (TPSA) is 105 Å². The van der Waals surface area contributed by atoms with Crippen molar-refractivity contribution >= 4 is 11.9 Å². The van der Waals surface area contributed by atoms with E-state index in [2.05, 4.69) is 15.5 Å². The summed E-state index contributed by atoms with van der Waals surface area (Å²) in [5, 5.41) is 15.0. The Morgan fingerprint density at radius 1 is 1.53 bits per heavy atom. The van der Waals surface area contributed by atoms with Gasteiger partial charge in [-0.1, -0.05) is 5.16 Å². The molecular formula is C10H13N3O4. The van der Waals surface area contributed by atoms with Gasteiger partial charge in [0, 0.05) is 19.9 Å². The van der Waals surface area contributed by atoms with Crippen LogP contribution in [0.2, 0.25) is 0 Å². The number of nitrogens with zero attached hydrogens (tertiary/aromatic N) is 2. The number of aliphatic carboxylic acids is 1. The fraction of sp³-hybridized carbons (Fsp3) is 0.600. The molecule has 0 saturated heterocycles. The van der Waals surface area contributed by atoms with E-state index >= 15 is 0 Å². The van der Waals surface area contributed by atoms with E-state index in [9.17, 15) is 9.59 Å². The number of carboxylic acid groups (broad SMARTS) is 1. The average molecular weight is 239 g/mol. The monoisotopic (exact) mass is 239 g/mol. The van der Waals surface area contributed by atoms with E-state index in [1.807, 2.05) is 0 Å². The van der Waals surface area contributed by atoms with Gasteiger partial charge in [-0.05, 0) is 6.42 Å². The smallest absolute Gasteiger partial charge is 0.307 e. The van der Waals surface area contributed by atoms with Crippen LogP contribution in [0.5, 0.6) is 0 Å². The summed E-state index contributed by atoms with van der Waals surface area (Å²) in [7, 11) is 0. The number of aromatic nitrogens is 2. The molecule has 17 heavy (non-hydrogen) atoms. The number of hydrogen-bond acceptors (Lipinski definition) is 5. The fourth-order valence-electron chi connectivity index (χ4n) is 1.63. The van der Waals surface area contributed by atoms with Crippen LogP contribution in [0.1, 0.15) is 18.1 Å². The zero-order chi connectivity index (χ0) is 12.4. The number of carbonyl (C=O) groups is 2. The average Bonchev–Trinajstić information content (AvgIpc) is 2.97. The molecule has 1 fully saturated rings. The number of carboxylic acids is 1. The van der Waals surface area contributed by atoms with Crippen molar-refractivity contribution in [1.82, 2.24) is 15.5 Å². The molecule has 1 aliphatic rings. The highest BCUT2D eigenvalue weighted by Gasteiger charge is 2.48. The van der Waals surface area contributed by atoms with Crippen molar-refractivity contribution in [3.8, 4) is 0 Å². The highest BCUT2D eigenvalue weighted by Crippen LogP contribution is 2.38. The summed E-state index contributed by atoms with van der Waals surface area (Å²) in [4.78, 5) is 26.0. The zero-order valence-electron chi connectivity index (χ0n) is 9.34. The molecule has 92 valence electrons. The maximum Gasteiger partial charge on any atom is 0.307 e. The molecule has 2 N–H and O–H groups in total. The third-order valence-electron chi connectivity index (χ3n) is 2.66. The Hall–Kier alpha value is -1.92. The summed E-state index contributed by atoms with van der Waals surface area (Å²) in [5.41, 5.74) is 0. The molecule has 1 aliphatic carbocycles. The quantitative estimate of drug-likeness (QED) is 0.734. The summed E-state index contributed by atoms with van der Waals surface area (Å²) in [6.45, 7) is 2.08. The van der Waals surface area contributed by atoms with E-state index in [1.165, 1.54) is 0 Å². The molecule has 0 radical (unpaired) electrons. The summed E-state index contributed by atoms with van der Waals surface area (Å²) in [5.74, 6) is -0.980. The Morgan fingerprint density at radius 3 is 2.82 bits per heavy atom. The van der Waals surface area contributed by atoms with Crippen LogP contribution in [-0.4, -0.2) is 33.7 Å². The van der Waals surface area contributed by atoms with Crippen LogP contribution in [0.25, 0.3) is 0 Å². The van der Waals surface area contributed by atoms with Crippen LogP contribution < -0.4 is 5.32 Å². The van der Waals surface area contributed by atoms with E-state index in [-0.39, 0.29) is 11.8 Å². The van der Waals surface area contributed by atoms with Crippen molar-refractivity contribution in [2.24, 2.45) is 11.8 Å². The molecular weight excluding hydrogens is 226 g/mol. The van der Waals surface area contributed by atoms with Crippen molar-refractivity contribution in [3.63, 3.8) is 0 Å². The van der Waals surface area contributed by atoms with Crippen LogP contribution in [0.4, 0.5) is 0 Å². The Morgan fingerprint density at radius 2 is 2.29 bits per heavy atom. The molecule has 2 atom stereocenters. The van der Waals surface area contributed by atoms with Crippen LogP contribution >= 0.6 is 0 Å². The van der Waals surface area contributed by atoms with Gasteiger partial charge in [-0.15, -0.1) is 0 Å². The number of hydrogen-bond donors (Lipinski definition) is 2. The number of nitrogens with one attached hydrogen (secondary N) is 1. The Labute approximate surface area is 97.2 Å². The lowest BCUT2D eigenvalue weighted by atomic mass is 10.3. The predicted octanol–water partition coefficient (Wildman–Crippen LogP) is -0.243. The van der Waals surface area contributed by atoms with Gasteiger partial charge >= 0.3 is 5.97 Å². The van der Waals surface area contributed by atoms with Gasteiger partial charge in [-0.25, -0.2) is 0 Å². The molecule has 2 rings (SSSR count). The number of aryl methyl sites for hydroxylation is 1. The second-order valence-electron chi connectivity index (χ2n) is 4.06. The molecule has 7 heteroatoms. The molecule has 0 aromatic carbocycles. The van der Waals surface area contributed by atoms with Gasteiger partial charge in [0.25, 0.3) is 0 Å². The second kappa shape index (κ2) is 4.52. The minimum absolute atomic E-state index is 0.211. The molecule has 1 aromatic rings. The first-order valence-corrected chi connectivity index (χ1v) is 5.37. The summed E-state index contributed by atoms with van der Waals surface area (Å²) < 4.78 is 4.78. The summed E-state index contributed by atoms with van der Waals surface area (Å²) in [6.07, 6.45) is 0.913. The third kappa shape index (κ3) is 2.80. The van der Waals surface area contributed by atoms with Crippen molar-refractivity contribution < 1.29 is 19.2 Å². The SMILES string of the molecule is Cc1nc(CCNC(=O)[C@@H]2C[C@@H]2C(=O)O)no1. The van der Waals surface area contributed by atoms with Crippen molar-refractivity contribution in [3.05, 3.63) is 11.7 Å². The van der Waals surface area contributed by atoms with E-state index in [0.29, 0.717) is 31.1 Å². The Balaban J connectivity index is 1.69. The number of amides is 1. The molecule has 1 heterocycles. The minimum atomic E-state index is -0.904. The molecule has 0 bridgehead atoms. The van der Waals surface area contributed by atoms with Crippen LogP contribution in [0.15, 0.2) is 4.52 Å². The molecule has 1 aromatic heterocycles. The van der Waals surface area contributed by atoms with Gasteiger partial charge < -0.3 is 14.9 Å². The summed E-state index contributed by atoms with van der Waals surface area (Å²) in [6, 6.07) is 0. The lowest BCUT2D eigenvalue weighted by Crippen LogP contribution is -2.28. The van der Waals surface area contributed by atoms with Crippen LogP contribution in [-0.2, 0) is 16.0 Å². The first-order valence-electron chi connectivity index (χ1n) is 5.37. The normalized spacial score (nSPS) is 22.2. The van der Waals surface area contributed by atoms with E-state index in [0.717, 1.165) is 0 Å². The molecule has 7 nitrogen and oxygen atoms in total. The van der Waals surface area contributed by atoms with Gasteiger partial charge in [0.05, 0.1) is 11.8 Å². The molecule has 0 aliphatic heterocycles. The first kappa shape index (κ1) is 11.6. The zero-order valence-corrected chi connectivity index (χ0v) is 9.34. The fourth-order valence-corrected chi connectivity index (χ4v) is 1.63. The van der Waals surface area contributed by atoms with Crippen LogP contribution in [0, 0.1) is 18.8 Å². The maximum atomic E-state index is 11.5. The number of rotatable bonds is 5. The standard InChI is InChI=1S/C10H13N3O4/c1-5-12-8(13-17-5)2-3-11-9(14)6-4-7(6)10(15)16/h6-7H,2-4H2,1H3,(H,11,14)(H,15,16)/t6-,7+/m1/s1. The van der Waals surface area contributed by atoms with Crippen molar-refractivity contribution in [2.45, 2.75) is 19.8 Å². The highest BCUT2D eigenvalue weighted by atomic mass is 16.5. The van der Waals surface area contributed by atoms with Gasteiger partial charge in [0.2, 0.25) is 11.8 Å². The van der Waals surface area contributed by atoms with E-state index in [1.54, 1.807) is 6.92 Å². The van der Waals surface area contributed by atoms with Crippen LogP contribution in [0.3, 0.4) is 0 Å². The van der Waals surface area contributed by atoms with Crippen molar-refractivity contribution in [2.75, 3.05) is 6.54 Å². The van der Waals surface area contributed by atoms with Gasteiger partial charge in [-0.2, -0.15) is 4.98 Å². The maximum absolute atomic E-state index is 11.5. The van der Waals surface area contributed by atoms with E-state index < -0.39 is 11.9 Å². The Kier molecular flexibility index (Phi) is 3.08. The van der Waals surface area contributed by atoms with Crippen molar-refractivity contribution in [1.29, 1.82) is 0 Å². The molecule has 0 unspecified atom stereocenters. The highest BCUT2D eigenvalue weighted by molar-refractivity contribution is 5.89. The number of carbonyl (C=O) groups excluding carboxylic acids is 1. The third-order valence-corrected chi connectivity index (χ3v) is 2.66. The lowest BCUT2D eigenvalue weighted by molar-refractivity contribution is -0.140. The molecule has 0 spiro atoms. The van der Waals surface area contributed by atoms with Gasteiger partial charge in [-0.3, -0.25) is 9.59 Å². The molecule has 1 amide bonds. The minimum Gasteiger partial charge on any atom is -0.481 e. The molecule has 1 saturated carbocycles. The first-order chi connectivity index (χ1) is 8.08. The summed E-state index contributed by atoms with van der Waals surface area (Å²) >= 11 is 0. The van der Waals surface area contributed by atoms with Gasteiger partial charge in [0.1, 0.15) is 0 Å². The van der Waals surface area contributed by atoms with Gasteiger partial charge in [0.15, 0.2) is 5.82 Å². The predicted molar refractivity (Wildman–Crippen MR) is 55.0 cm³/mol. The lowest BCUT2D eigenvalue weighted by Gasteiger charge is -2.01. The second-order valence-corrected chi connectivity index (χ2v) is 4.06. The Bertz CT molecular complexity index is 443.